The Hall–Kier alpha value is -2.94. The molecule has 0 bridgehead atoms. The van der Waals surface area contributed by atoms with Crippen LogP contribution in [0.3, 0.4) is 0 Å². The Morgan fingerprint density at radius 2 is 1.48 bits per heavy atom. The Labute approximate surface area is 120 Å². The van der Waals surface area contributed by atoms with Gasteiger partial charge in [-0.1, -0.05) is 36.4 Å². The minimum absolute atomic E-state index is 0.912. The highest BCUT2D eigenvalue weighted by atomic mass is 15.0. The third-order valence-corrected chi connectivity index (χ3v) is 3.98. The van der Waals surface area contributed by atoms with Crippen molar-refractivity contribution in [1.82, 2.24) is 14.4 Å². The highest BCUT2D eigenvalue weighted by Gasteiger charge is 2.09. The monoisotopic (exact) mass is 269 g/mol. The maximum Gasteiger partial charge on any atom is 0.163 e. The Morgan fingerprint density at radius 1 is 0.714 bits per heavy atom. The van der Waals surface area contributed by atoms with Gasteiger partial charge in [0.15, 0.2) is 5.65 Å². The van der Waals surface area contributed by atoms with Crippen LogP contribution in [0.15, 0.2) is 66.9 Å². The van der Waals surface area contributed by atoms with Crippen LogP contribution in [0.2, 0.25) is 0 Å². The number of benzene rings is 2. The largest absolute Gasteiger partial charge is 0.299 e. The topological polar surface area (TPSA) is 30.2 Å². The van der Waals surface area contributed by atoms with Crippen LogP contribution in [0.5, 0.6) is 0 Å². The van der Waals surface area contributed by atoms with Crippen LogP contribution >= 0.6 is 0 Å². The van der Waals surface area contributed by atoms with Gasteiger partial charge in [-0.15, -0.1) is 0 Å². The molecule has 0 fully saturated rings. The molecule has 0 atom stereocenters. The standard InChI is InChI=1S/C18H11N3/c1-2-6-13-12(5-1)9-10-21-17(13)11-16-18(21)20-15-8-4-3-7-14(15)19-16/h1-11H. The molecule has 0 saturated carbocycles. The van der Waals surface area contributed by atoms with Crippen LogP contribution in [0, 0.1) is 0 Å². The molecule has 3 aromatic heterocycles. The van der Waals surface area contributed by atoms with Gasteiger partial charge >= 0.3 is 0 Å². The number of hydrogen-bond acceptors (Lipinski definition) is 2. The van der Waals surface area contributed by atoms with Gasteiger partial charge in [0.1, 0.15) is 5.52 Å². The quantitative estimate of drug-likeness (QED) is 0.422. The first-order valence-corrected chi connectivity index (χ1v) is 6.95. The molecule has 21 heavy (non-hydrogen) atoms. The maximum absolute atomic E-state index is 4.77. The van der Waals surface area contributed by atoms with E-state index in [4.69, 9.17) is 9.97 Å². The lowest BCUT2D eigenvalue weighted by atomic mass is 10.1. The molecule has 3 nitrogen and oxygen atoms in total. The lowest BCUT2D eigenvalue weighted by Gasteiger charge is -2.02. The molecule has 0 N–H and O–H groups in total. The van der Waals surface area contributed by atoms with Gasteiger partial charge in [0.2, 0.25) is 0 Å². The van der Waals surface area contributed by atoms with E-state index in [1.165, 1.54) is 10.8 Å². The second-order valence-electron chi connectivity index (χ2n) is 5.22. The Balaban J connectivity index is 2.04. The number of pyridine rings is 1. The molecule has 0 aliphatic carbocycles. The van der Waals surface area contributed by atoms with Crippen molar-refractivity contribution in [2.45, 2.75) is 0 Å². The van der Waals surface area contributed by atoms with E-state index in [1.54, 1.807) is 0 Å². The van der Waals surface area contributed by atoms with Crippen molar-refractivity contribution in [3.8, 4) is 0 Å². The zero-order chi connectivity index (χ0) is 13.8. The second kappa shape index (κ2) is 3.79. The van der Waals surface area contributed by atoms with Crippen LogP contribution in [0.4, 0.5) is 0 Å². The molecule has 5 rings (SSSR count). The number of para-hydroxylation sites is 2. The van der Waals surface area contributed by atoms with E-state index >= 15 is 0 Å². The second-order valence-corrected chi connectivity index (χ2v) is 5.22. The summed E-state index contributed by atoms with van der Waals surface area (Å²) >= 11 is 0. The van der Waals surface area contributed by atoms with Gasteiger partial charge in [0, 0.05) is 11.6 Å². The smallest absolute Gasteiger partial charge is 0.163 e. The fourth-order valence-electron chi connectivity index (χ4n) is 2.98. The molecular weight excluding hydrogens is 258 g/mol. The third kappa shape index (κ3) is 1.43. The van der Waals surface area contributed by atoms with E-state index in [-0.39, 0.29) is 0 Å². The van der Waals surface area contributed by atoms with Gasteiger partial charge in [-0.2, -0.15) is 0 Å². The van der Waals surface area contributed by atoms with Gasteiger partial charge in [-0.05, 0) is 29.7 Å². The third-order valence-electron chi connectivity index (χ3n) is 3.98. The van der Waals surface area contributed by atoms with Gasteiger partial charge < -0.3 is 0 Å². The predicted octanol–water partition coefficient (Wildman–Crippen LogP) is 4.19. The summed E-state index contributed by atoms with van der Waals surface area (Å²) in [6, 6.07) is 20.6. The number of aromatic nitrogens is 3. The number of fused-ring (bicyclic) bond motifs is 6. The van der Waals surface area contributed by atoms with Gasteiger partial charge in [-0.25, -0.2) is 9.97 Å². The molecule has 0 aliphatic rings. The zero-order valence-electron chi connectivity index (χ0n) is 11.2. The molecule has 5 aromatic rings. The number of rotatable bonds is 0. The molecule has 98 valence electrons. The van der Waals surface area contributed by atoms with E-state index in [0.717, 1.165) is 27.7 Å². The highest BCUT2D eigenvalue weighted by Crippen LogP contribution is 2.26. The molecule has 0 unspecified atom stereocenters. The first-order valence-electron chi connectivity index (χ1n) is 6.95. The van der Waals surface area contributed by atoms with Crippen molar-refractivity contribution in [2.75, 3.05) is 0 Å². The van der Waals surface area contributed by atoms with Crippen LogP contribution in [0.25, 0.3) is 38.5 Å². The van der Waals surface area contributed by atoms with E-state index in [1.807, 2.05) is 24.3 Å². The predicted molar refractivity (Wildman–Crippen MR) is 85.5 cm³/mol. The molecule has 2 aromatic carbocycles. The summed E-state index contributed by atoms with van der Waals surface area (Å²) in [7, 11) is 0. The van der Waals surface area contributed by atoms with Crippen molar-refractivity contribution in [2.24, 2.45) is 0 Å². The van der Waals surface area contributed by atoms with E-state index in [2.05, 4.69) is 47.0 Å². The van der Waals surface area contributed by atoms with Gasteiger partial charge in [0.25, 0.3) is 0 Å². The molecule has 0 radical (unpaired) electrons. The Bertz CT molecular complexity index is 1140. The van der Waals surface area contributed by atoms with Crippen molar-refractivity contribution in [3.63, 3.8) is 0 Å². The van der Waals surface area contributed by atoms with E-state index in [9.17, 15) is 0 Å². The Kier molecular flexibility index (Phi) is 1.95. The molecule has 0 aliphatic heterocycles. The summed E-state index contributed by atoms with van der Waals surface area (Å²) in [6.45, 7) is 0. The first-order chi connectivity index (χ1) is 10.4. The van der Waals surface area contributed by atoms with Gasteiger partial charge in [-0.3, -0.25) is 4.40 Å². The lowest BCUT2D eigenvalue weighted by molar-refractivity contribution is 1.21. The number of nitrogens with zero attached hydrogens (tertiary/aromatic N) is 3. The molecule has 0 saturated heterocycles. The summed E-state index contributed by atoms with van der Waals surface area (Å²) in [4.78, 5) is 9.51. The fourth-order valence-corrected chi connectivity index (χ4v) is 2.98. The molecule has 3 heteroatoms. The van der Waals surface area contributed by atoms with Crippen LogP contribution in [0.1, 0.15) is 0 Å². The summed E-state index contributed by atoms with van der Waals surface area (Å²) < 4.78 is 2.12. The van der Waals surface area contributed by atoms with Crippen LogP contribution < -0.4 is 0 Å². The maximum atomic E-state index is 4.77. The van der Waals surface area contributed by atoms with Gasteiger partial charge in [0.05, 0.1) is 16.6 Å². The first kappa shape index (κ1) is 10.8. The zero-order valence-corrected chi connectivity index (χ0v) is 11.2. The number of hydrogen-bond donors (Lipinski definition) is 0. The average molecular weight is 269 g/mol. The summed E-state index contributed by atoms with van der Waals surface area (Å²) in [5.74, 6) is 0. The molecular formula is C18H11N3. The van der Waals surface area contributed by atoms with Crippen molar-refractivity contribution in [1.29, 1.82) is 0 Å². The normalized spacial score (nSPS) is 11.8. The molecule has 3 heterocycles. The van der Waals surface area contributed by atoms with Crippen LogP contribution in [-0.2, 0) is 0 Å². The fraction of sp³-hybridized carbons (Fsp3) is 0. The summed E-state index contributed by atoms with van der Waals surface area (Å²) in [5, 5.41) is 2.46. The van der Waals surface area contributed by atoms with Crippen molar-refractivity contribution >= 4 is 38.5 Å². The lowest BCUT2D eigenvalue weighted by Crippen LogP contribution is -1.89. The highest BCUT2D eigenvalue weighted by molar-refractivity contribution is 6.01. The van der Waals surface area contributed by atoms with Crippen molar-refractivity contribution in [3.05, 3.63) is 66.9 Å². The van der Waals surface area contributed by atoms with E-state index in [0.29, 0.717) is 0 Å². The Morgan fingerprint density at radius 3 is 2.38 bits per heavy atom. The molecule has 0 amide bonds. The summed E-state index contributed by atoms with van der Waals surface area (Å²) in [6.07, 6.45) is 2.07. The minimum Gasteiger partial charge on any atom is -0.299 e. The minimum atomic E-state index is 0.912. The SMILES string of the molecule is c1ccc2c(c1)ccn1c2cc2nc3ccccc3nc21. The summed E-state index contributed by atoms with van der Waals surface area (Å²) in [5.41, 5.74) is 4.86. The van der Waals surface area contributed by atoms with Crippen molar-refractivity contribution < 1.29 is 0 Å². The average Bonchev–Trinajstić information content (AvgIpc) is 2.90. The molecule has 0 spiro atoms. The van der Waals surface area contributed by atoms with E-state index < -0.39 is 0 Å². The van der Waals surface area contributed by atoms with Crippen LogP contribution in [-0.4, -0.2) is 14.4 Å².